The Hall–Kier alpha value is -2.12. The van der Waals surface area contributed by atoms with E-state index in [1.165, 1.54) is 13.8 Å². The third-order valence-corrected chi connectivity index (χ3v) is 3.09. The fourth-order valence-electron chi connectivity index (χ4n) is 2.04. The number of hydrogen-bond donors (Lipinski definition) is 3. The van der Waals surface area contributed by atoms with Crippen LogP contribution < -0.4 is 10.6 Å². The molecule has 1 rings (SSSR count). The smallest absolute Gasteiger partial charge is 0.326 e. The fourth-order valence-corrected chi connectivity index (χ4v) is 2.04. The van der Waals surface area contributed by atoms with Gasteiger partial charge in [0.2, 0.25) is 5.91 Å². The summed E-state index contributed by atoms with van der Waals surface area (Å²) < 4.78 is 0. The predicted molar refractivity (Wildman–Crippen MR) is 73.3 cm³/mol. The average Bonchev–Trinajstić information content (AvgIpc) is 2.50. The second-order valence-corrected chi connectivity index (χ2v) is 6.03. The molecule has 1 fully saturated rings. The van der Waals surface area contributed by atoms with Crippen molar-refractivity contribution in [2.45, 2.75) is 45.7 Å². The molecule has 0 saturated carbocycles. The van der Waals surface area contributed by atoms with Crippen LogP contribution in [0.5, 0.6) is 0 Å². The molecular weight excluding hydrogens is 278 g/mol. The van der Waals surface area contributed by atoms with Gasteiger partial charge in [-0.05, 0) is 26.2 Å². The van der Waals surface area contributed by atoms with Crippen LogP contribution in [0.2, 0.25) is 0 Å². The van der Waals surface area contributed by atoms with Crippen LogP contribution in [0.4, 0.5) is 4.79 Å². The van der Waals surface area contributed by atoms with Crippen LogP contribution in [-0.4, -0.2) is 51.9 Å². The lowest BCUT2D eigenvalue weighted by molar-refractivity contribution is -0.142. The van der Waals surface area contributed by atoms with Gasteiger partial charge in [-0.25, -0.2) is 9.59 Å². The summed E-state index contributed by atoms with van der Waals surface area (Å²) >= 11 is 0. The van der Waals surface area contributed by atoms with Gasteiger partial charge in [0.25, 0.3) is 5.91 Å². The Labute approximate surface area is 122 Å². The van der Waals surface area contributed by atoms with Gasteiger partial charge in [-0.3, -0.25) is 14.5 Å². The highest BCUT2D eigenvalue weighted by Crippen LogP contribution is 2.16. The van der Waals surface area contributed by atoms with Gasteiger partial charge in [-0.15, -0.1) is 0 Å². The first kappa shape index (κ1) is 16.9. The lowest BCUT2D eigenvalue weighted by Crippen LogP contribution is -2.48. The molecule has 3 N–H and O–H groups in total. The molecule has 0 unspecified atom stereocenters. The second kappa shape index (κ2) is 6.11. The Bertz CT molecular complexity index is 472. The number of nitrogens with one attached hydrogen (secondary N) is 2. The van der Waals surface area contributed by atoms with Crippen molar-refractivity contribution in [3.63, 3.8) is 0 Å². The number of carbonyl (C=O) groups excluding carboxylic acids is 3. The molecule has 1 saturated heterocycles. The van der Waals surface area contributed by atoms with Crippen LogP contribution in [0.1, 0.15) is 34.1 Å². The van der Waals surface area contributed by atoms with E-state index in [2.05, 4.69) is 10.6 Å². The lowest BCUT2D eigenvalue weighted by Gasteiger charge is -2.19. The van der Waals surface area contributed by atoms with Crippen molar-refractivity contribution in [1.29, 1.82) is 0 Å². The number of hydrogen-bond acceptors (Lipinski definition) is 4. The maximum Gasteiger partial charge on any atom is 0.326 e. The van der Waals surface area contributed by atoms with Crippen molar-refractivity contribution >= 4 is 23.8 Å². The number of carboxylic acid groups (broad SMARTS) is 1. The summed E-state index contributed by atoms with van der Waals surface area (Å²) in [6, 6.07) is -1.69. The van der Waals surface area contributed by atoms with E-state index in [-0.39, 0.29) is 12.3 Å². The molecule has 21 heavy (non-hydrogen) atoms. The largest absolute Gasteiger partial charge is 0.480 e. The van der Waals surface area contributed by atoms with Gasteiger partial charge in [0, 0.05) is 0 Å². The molecule has 8 heteroatoms. The van der Waals surface area contributed by atoms with Crippen LogP contribution in [0.3, 0.4) is 0 Å². The van der Waals surface area contributed by atoms with Crippen LogP contribution >= 0.6 is 0 Å². The van der Waals surface area contributed by atoms with Gasteiger partial charge in [0.05, 0.1) is 0 Å². The van der Waals surface area contributed by atoms with Crippen LogP contribution in [0.25, 0.3) is 0 Å². The maximum absolute atomic E-state index is 11.9. The molecular formula is C13H21N3O5. The van der Waals surface area contributed by atoms with Gasteiger partial charge in [0.1, 0.15) is 18.1 Å². The molecule has 8 nitrogen and oxygen atoms in total. The average molecular weight is 299 g/mol. The van der Waals surface area contributed by atoms with Crippen molar-refractivity contribution in [2.24, 2.45) is 5.92 Å². The molecule has 0 bridgehead atoms. The van der Waals surface area contributed by atoms with Crippen LogP contribution in [0.15, 0.2) is 0 Å². The topological polar surface area (TPSA) is 116 Å². The van der Waals surface area contributed by atoms with Gasteiger partial charge in [-0.1, -0.05) is 13.8 Å². The summed E-state index contributed by atoms with van der Waals surface area (Å²) in [4.78, 5) is 47.2. The van der Waals surface area contributed by atoms with E-state index >= 15 is 0 Å². The first-order chi connectivity index (χ1) is 9.54. The number of imide groups is 1. The van der Waals surface area contributed by atoms with E-state index in [1.54, 1.807) is 0 Å². The van der Waals surface area contributed by atoms with Crippen molar-refractivity contribution in [3.8, 4) is 0 Å². The number of aliphatic carboxylic acids is 1. The Morgan fingerprint density at radius 2 is 1.90 bits per heavy atom. The van der Waals surface area contributed by atoms with Crippen molar-refractivity contribution < 1.29 is 24.3 Å². The Morgan fingerprint density at radius 3 is 2.29 bits per heavy atom. The van der Waals surface area contributed by atoms with Gasteiger partial charge in [-0.2, -0.15) is 0 Å². The zero-order valence-corrected chi connectivity index (χ0v) is 12.6. The zero-order chi connectivity index (χ0) is 16.4. The van der Waals surface area contributed by atoms with E-state index < -0.39 is 41.9 Å². The number of carboxylic acids is 1. The monoisotopic (exact) mass is 299 g/mol. The third-order valence-electron chi connectivity index (χ3n) is 3.09. The number of urea groups is 1. The first-order valence-corrected chi connectivity index (χ1v) is 6.71. The van der Waals surface area contributed by atoms with Crippen molar-refractivity contribution in [2.75, 3.05) is 6.54 Å². The van der Waals surface area contributed by atoms with E-state index in [0.29, 0.717) is 0 Å². The van der Waals surface area contributed by atoms with Gasteiger partial charge in [0.15, 0.2) is 0 Å². The highest BCUT2D eigenvalue weighted by Gasteiger charge is 2.45. The quantitative estimate of drug-likeness (QED) is 0.594. The molecule has 0 spiro atoms. The molecule has 1 atom stereocenters. The summed E-state index contributed by atoms with van der Waals surface area (Å²) in [7, 11) is 0. The van der Waals surface area contributed by atoms with E-state index in [0.717, 1.165) is 4.90 Å². The third kappa shape index (κ3) is 4.17. The minimum atomic E-state index is -1.14. The van der Waals surface area contributed by atoms with Crippen LogP contribution in [0, 0.1) is 5.92 Å². The molecule has 0 aromatic heterocycles. The molecule has 118 valence electrons. The minimum absolute atomic E-state index is 0.0852. The summed E-state index contributed by atoms with van der Waals surface area (Å²) in [5, 5.41) is 13.8. The maximum atomic E-state index is 11.9. The summed E-state index contributed by atoms with van der Waals surface area (Å²) in [6.45, 7) is 6.24. The number of nitrogens with zero attached hydrogens (tertiary/aromatic N) is 1. The summed E-state index contributed by atoms with van der Waals surface area (Å²) in [5.41, 5.74) is -1.05. The Kier molecular flexibility index (Phi) is 4.93. The van der Waals surface area contributed by atoms with E-state index in [9.17, 15) is 19.2 Å². The molecule has 0 radical (unpaired) electrons. The fraction of sp³-hybridized carbons (Fsp3) is 0.692. The number of carbonyl (C=O) groups is 4. The first-order valence-electron chi connectivity index (χ1n) is 6.71. The van der Waals surface area contributed by atoms with E-state index in [1.807, 2.05) is 13.8 Å². The molecule has 0 aromatic rings. The second-order valence-electron chi connectivity index (χ2n) is 6.03. The lowest BCUT2D eigenvalue weighted by atomic mass is 10.0. The van der Waals surface area contributed by atoms with Gasteiger partial charge >= 0.3 is 12.0 Å². The minimum Gasteiger partial charge on any atom is -0.480 e. The molecule has 1 heterocycles. The number of rotatable bonds is 6. The van der Waals surface area contributed by atoms with E-state index in [4.69, 9.17) is 5.11 Å². The standard InChI is InChI=1S/C13H21N3O5/c1-7(2)5-8(10(18)19)14-9(17)6-16-11(20)13(3,4)15-12(16)21/h7-8H,5-6H2,1-4H3,(H,14,17)(H,15,21)(H,18,19)/t8-/m1/s1. The highest BCUT2D eigenvalue weighted by atomic mass is 16.4. The molecule has 0 aromatic carbocycles. The Balaban J connectivity index is 2.67. The zero-order valence-electron chi connectivity index (χ0n) is 12.6. The SMILES string of the molecule is CC(C)C[C@@H](NC(=O)CN1C(=O)NC(C)(C)C1=O)C(=O)O. The van der Waals surface area contributed by atoms with Crippen molar-refractivity contribution in [3.05, 3.63) is 0 Å². The van der Waals surface area contributed by atoms with Gasteiger partial charge < -0.3 is 15.7 Å². The molecule has 1 aliphatic rings. The summed E-state index contributed by atoms with van der Waals surface area (Å²) in [6.07, 6.45) is 0.271. The molecule has 1 aliphatic heterocycles. The van der Waals surface area contributed by atoms with Crippen LogP contribution in [-0.2, 0) is 14.4 Å². The Morgan fingerprint density at radius 1 is 1.33 bits per heavy atom. The molecule has 4 amide bonds. The summed E-state index contributed by atoms with van der Waals surface area (Å²) in [5.74, 6) is -2.25. The number of amides is 4. The van der Waals surface area contributed by atoms with Crippen molar-refractivity contribution in [1.82, 2.24) is 15.5 Å². The normalized spacial score (nSPS) is 18.6. The molecule has 0 aliphatic carbocycles. The predicted octanol–water partition coefficient (Wildman–Crippen LogP) is -0.0677. The highest BCUT2D eigenvalue weighted by molar-refractivity contribution is 6.08.